The summed E-state index contributed by atoms with van der Waals surface area (Å²) in [7, 11) is 0. The maximum Gasteiger partial charge on any atom is 0.276 e. The Morgan fingerprint density at radius 1 is 1.17 bits per heavy atom. The Morgan fingerprint density at radius 2 is 2.08 bits per heavy atom. The molecule has 0 aliphatic rings. The molecule has 3 aromatic heterocycles. The van der Waals surface area contributed by atoms with Gasteiger partial charge in [-0.05, 0) is 30.3 Å². The summed E-state index contributed by atoms with van der Waals surface area (Å²) in [4.78, 5) is 16.5. The number of rotatable bonds is 3. The highest BCUT2D eigenvalue weighted by molar-refractivity contribution is 5.75. The van der Waals surface area contributed by atoms with E-state index < -0.39 is 5.82 Å². The molecule has 0 unspecified atom stereocenters. The highest BCUT2D eigenvalue weighted by Gasteiger charge is 2.12. The van der Waals surface area contributed by atoms with Gasteiger partial charge >= 0.3 is 0 Å². The lowest BCUT2D eigenvalue weighted by Crippen LogP contribution is -2.23. The van der Waals surface area contributed by atoms with Gasteiger partial charge in [-0.2, -0.15) is 5.10 Å². The molecule has 0 saturated carbocycles. The molecule has 0 aliphatic carbocycles. The lowest BCUT2D eigenvalue weighted by Gasteiger charge is -2.02. The molecule has 0 atom stereocenters. The normalized spacial score (nSPS) is 11.0. The lowest BCUT2D eigenvalue weighted by molar-refractivity contribution is 0.466. The minimum Gasteiger partial charge on any atom is -0.419 e. The Labute approximate surface area is 134 Å². The highest BCUT2D eigenvalue weighted by Crippen LogP contribution is 2.18. The van der Waals surface area contributed by atoms with Crippen LogP contribution in [0.3, 0.4) is 0 Å². The number of hydrogen-bond donors (Lipinski definition) is 0. The van der Waals surface area contributed by atoms with E-state index in [2.05, 4.69) is 20.3 Å². The van der Waals surface area contributed by atoms with E-state index in [-0.39, 0.29) is 23.9 Å². The number of hydrogen-bond acceptors (Lipinski definition) is 6. The Hall–Kier alpha value is -3.42. The molecular weight excluding hydrogens is 313 g/mol. The van der Waals surface area contributed by atoms with Crippen molar-refractivity contribution in [1.29, 1.82) is 0 Å². The van der Waals surface area contributed by atoms with Crippen LogP contribution < -0.4 is 5.56 Å². The van der Waals surface area contributed by atoms with Crippen molar-refractivity contribution in [1.82, 2.24) is 25.0 Å². The molecule has 3 heterocycles. The molecule has 118 valence electrons. The summed E-state index contributed by atoms with van der Waals surface area (Å²) in [5.41, 5.74) is 0.688. The van der Waals surface area contributed by atoms with Gasteiger partial charge in [0.15, 0.2) is 0 Å². The molecule has 7 nitrogen and oxygen atoms in total. The van der Waals surface area contributed by atoms with Crippen LogP contribution in [-0.4, -0.2) is 25.0 Å². The monoisotopic (exact) mass is 323 g/mol. The molecule has 0 saturated heterocycles. The van der Waals surface area contributed by atoms with Gasteiger partial charge in [0.25, 0.3) is 5.56 Å². The molecule has 24 heavy (non-hydrogen) atoms. The molecule has 0 aliphatic heterocycles. The van der Waals surface area contributed by atoms with Crippen LogP contribution in [0.4, 0.5) is 4.39 Å². The third kappa shape index (κ3) is 2.54. The quantitative estimate of drug-likeness (QED) is 0.573. The van der Waals surface area contributed by atoms with Gasteiger partial charge in [-0.1, -0.05) is 6.07 Å². The number of fused-ring (bicyclic) bond motifs is 1. The van der Waals surface area contributed by atoms with Crippen molar-refractivity contribution in [3.05, 3.63) is 70.9 Å². The second kappa shape index (κ2) is 5.65. The van der Waals surface area contributed by atoms with Gasteiger partial charge in [-0.25, -0.2) is 9.07 Å². The summed E-state index contributed by atoms with van der Waals surface area (Å²) in [5.74, 6) is -0.0146. The van der Waals surface area contributed by atoms with Gasteiger partial charge in [-0.15, -0.1) is 10.2 Å². The van der Waals surface area contributed by atoms with Gasteiger partial charge in [0.05, 0.1) is 17.1 Å². The second-order valence-corrected chi connectivity index (χ2v) is 5.05. The van der Waals surface area contributed by atoms with Crippen molar-refractivity contribution in [2.75, 3.05) is 0 Å². The van der Waals surface area contributed by atoms with E-state index in [4.69, 9.17) is 4.42 Å². The van der Waals surface area contributed by atoms with Crippen LogP contribution in [0, 0.1) is 5.82 Å². The first-order valence-electron chi connectivity index (χ1n) is 7.10. The van der Waals surface area contributed by atoms with Crippen LogP contribution >= 0.6 is 0 Å². The molecule has 4 rings (SSSR count). The average Bonchev–Trinajstić information content (AvgIpc) is 3.06. The van der Waals surface area contributed by atoms with Crippen molar-refractivity contribution < 1.29 is 8.81 Å². The van der Waals surface area contributed by atoms with E-state index in [9.17, 15) is 9.18 Å². The van der Waals surface area contributed by atoms with Crippen LogP contribution in [0.1, 0.15) is 5.89 Å². The van der Waals surface area contributed by atoms with E-state index >= 15 is 0 Å². The number of benzene rings is 1. The van der Waals surface area contributed by atoms with Crippen molar-refractivity contribution in [3.63, 3.8) is 0 Å². The van der Waals surface area contributed by atoms with Crippen LogP contribution in [-0.2, 0) is 6.54 Å². The zero-order valence-corrected chi connectivity index (χ0v) is 12.3. The molecule has 0 bridgehead atoms. The number of nitrogens with zero attached hydrogens (tertiary/aromatic N) is 5. The highest BCUT2D eigenvalue weighted by atomic mass is 19.1. The number of aromatic nitrogens is 5. The fraction of sp³-hybridized carbons (Fsp3) is 0.0625. The maximum absolute atomic E-state index is 13.3. The minimum atomic E-state index is -0.396. The molecule has 8 heteroatoms. The number of halogens is 1. The fourth-order valence-corrected chi connectivity index (χ4v) is 2.31. The largest absolute Gasteiger partial charge is 0.419 e. The molecule has 1 aromatic carbocycles. The van der Waals surface area contributed by atoms with E-state index in [0.29, 0.717) is 16.5 Å². The molecule has 0 radical (unpaired) electrons. The SMILES string of the molecule is O=c1c2cccnc2cnn1Cc1nnc(-c2cccc(F)c2)o1. The maximum atomic E-state index is 13.3. The zero-order valence-electron chi connectivity index (χ0n) is 12.3. The zero-order chi connectivity index (χ0) is 16.5. The van der Waals surface area contributed by atoms with Crippen molar-refractivity contribution in [2.45, 2.75) is 6.54 Å². The Morgan fingerprint density at radius 3 is 2.96 bits per heavy atom. The Bertz CT molecular complexity index is 1090. The van der Waals surface area contributed by atoms with Crippen molar-refractivity contribution in [2.24, 2.45) is 0 Å². The molecular formula is C16H10FN5O2. The van der Waals surface area contributed by atoms with Gasteiger partial charge in [0, 0.05) is 11.8 Å². The summed E-state index contributed by atoms with van der Waals surface area (Å²) < 4.78 is 20.0. The lowest BCUT2D eigenvalue weighted by atomic mass is 10.2. The molecule has 4 aromatic rings. The van der Waals surface area contributed by atoms with E-state index in [1.54, 1.807) is 30.5 Å². The summed E-state index contributed by atoms with van der Waals surface area (Å²) in [6, 6.07) is 9.19. The predicted molar refractivity (Wildman–Crippen MR) is 82.6 cm³/mol. The van der Waals surface area contributed by atoms with Crippen LogP contribution in [0.2, 0.25) is 0 Å². The smallest absolute Gasteiger partial charge is 0.276 e. The summed E-state index contributed by atoms with van der Waals surface area (Å²) in [6.45, 7) is 0.0198. The van der Waals surface area contributed by atoms with Crippen LogP contribution in [0.25, 0.3) is 22.4 Å². The minimum absolute atomic E-state index is 0.0198. The Kier molecular flexibility index (Phi) is 3.34. The van der Waals surface area contributed by atoms with Gasteiger partial charge in [0.1, 0.15) is 12.4 Å². The van der Waals surface area contributed by atoms with E-state index in [1.165, 1.54) is 23.0 Å². The average molecular weight is 323 g/mol. The topological polar surface area (TPSA) is 86.7 Å². The molecule has 0 fully saturated rings. The third-order valence-corrected chi connectivity index (χ3v) is 3.45. The van der Waals surface area contributed by atoms with E-state index in [0.717, 1.165) is 0 Å². The van der Waals surface area contributed by atoms with Crippen LogP contribution in [0.15, 0.2) is 58.0 Å². The van der Waals surface area contributed by atoms with Crippen LogP contribution in [0.5, 0.6) is 0 Å². The predicted octanol–water partition coefficient (Wildman–Crippen LogP) is 2.03. The van der Waals surface area contributed by atoms with Gasteiger partial charge in [-0.3, -0.25) is 9.78 Å². The summed E-state index contributed by atoms with van der Waals surface area (Å²) >= 11 is 0. The Balaban J connectivity index is 1.67. The first-order valence-corrected chi connectivity index (χ1v) is 7.10. The second-order valence-electron chi connectivity index (χ2n) is 5.05. The standard InChI is InChI=1S/C16H10FN5O2/c17-11-4-1-3-10(7-11)15-21-20-14(24-15)9-22-16(23)12-5-2-6-18-13(12)8-19-22/h1-8H,9H2. The summed E-state index contributed by atoms with van der Waals surface area (Å²) in [6.07, 6.45) is 3.09. The van der Waals surface area contributed by atoms with Crippen molar-refractivity contribution >= 4 is 10.9 Å². The van der Waals surface area contributed by atoms with Crippen molar-refractivity contribution in [3.8, 4) is 11.5 Å². The first kappa shape index (κ1) is 14.2. The fourth-order valence-electron chi connectivity index (χ4n) is 2.31. The first-order chi connectivity index (χ1) is 11.7. The molecule has 0 amide bonds. The number of pyridine rings is 1. The van der Waals surface area contributed by atoms with Gasteiger partial charge < -0.3 is 4.42 Å². The molecule has 0 spiro atoms. The third-order valence-electron chi connectivity index (χ3n) is 3.45. The molecule has 0 N–H and O–H groups in total. The van der Waals surface area contributed by atoms with Gasteiger partial charge in [0.2, 0.25) is 11.8 Å². The van der Waals surface area contributed by atoms with E-state index in [1.807, 2.05) is 0 Å². The summed E-state index contributed by atoms with van der Waals surface area (Å²) in [5, 5.41) is 12.3.